The van der Waals surface area contributed by atoms with Gasteiger partial charge in [0.25, 0.3) is 0 Å². The molecule has 0 atom stereocenters. The highest BCUT2D eigenvalue weighted by Crippen LogP contribution is 2.38. The van der Waals surface area contributed by atoms with Crippen molar-refractivity contribution in [2.24, 2.45) is 0 Å². The normalized spacial score (nSPS) is 16.3. The monoisotopic (exact) mass is 354 g/mol. The fraction of sp³-hybridized carbons (Fsp3) is 0.429. The molecule has 0 bridgehead atoms. The van der Waals surface area contributed by atoms with Gasteiger partial charge < -0.3 is 19.5 Å². The first-order valence-electron chi connectivity index (χ1n) is 9.33. The average molecular weight is 354 g/mol. The fourth-order valence-electron chi connectivity index (χ4n) is 3.72. The summed E-state index contributed by atoms with van der Waals surface area (Å²) < 4.78 is 10.7. The zero-order valence-corrected chi connectivity index (χ0v) is 15.3. The molecule has 4 rings (SSSR count). The van der Waals surface area contributed by atoms with E-state index in [1.165, 1.54) is 43.6 Å². The maximum absolute atomic E-state index is 10.2. The van der Waals surface area contributed by atoms with Gasteiger partial charge in [-0.2, -0.15) is 0 Å². The molecule has 2 aromatic rings. The molecule has 2 aliphatic heterocycles. The van der Waals surface area contributed by atoms with Gasteiger partial charge in [-0.15, -0.1) is 0 Å². The topological polar surface area (TPSA) is 45.2 Å². The molecule has 26 heavy (non-hydrogen) atoms. The summed E-state index contributed by atoms with van der Waals surface area (Å²) in [4.78, 5) is 4.66. The highest BCUT2D eigenvalue weighted by Gasteiger charge is 2.18. The van der Waals surface area contributed by atoms with E-state index < -0.39 is 0 Å². The summed E-state index contributed by atoms with van der Waals surface area (Å²) in [5, 5.41) is 10.2. The maximum Gasteiger partial charge on any atom is 0.231 e. The first kappa shape index (κ1) is 17.0. The van der Waals surface area contributed by atoms with Crippen molar-refractivity contribution in [2.45, 2.75) is 32.4 Å². The van der Waals surface area contributed by atoms with Gasteiger partial charge in [0.05, 0.1) is 0 Å². The number of ether oxygens (including phenoxy) is 2. The van der Waals surface area contributed by atoms with Crippen LogP contribution in [0.2, 0.25) is 0 Å². The SMILES string of the molecule is CN(Cc1ccc(N2CCCCC2)cc1)Cc1cc2c(cc1O)OCO2. The molecule has 2 heterocycles. The van der Waals surface area contributed by atoms with Gasteiger partial charge in [-0.25, -0.2) is 0 Å². The summed E-state index contributed by atoms with van der Waals surface area (Å²) in [5.41, 5.74) is 3.44. The fourth-order valence-corrected chi connectivity index (χ4v) is 3.72. The third kappa shape index (κ3) is 3.73. The van der Waals surface area contributed by atoms with Crippen LogP contribution in [0.25, 0.3) is 0 Å². The van der Waals surface area contributed by atoms with Crippen molar-refractivity contribution in [3.63, 3.8) is 0 Å². The highest BCUT2D eigenvalue weighted by atomic mass is 16.7. The summed E-state index contributed by atoms with van der Waals surface area (Å²) in [6.07, 6.45) is 3.94. The molecule has 0 radical (unpaired) electrons. The number of benzene rings is 2. The number of phenols is 1. The number of hydrogen-bond acceptors (Lipinski definition) is 5. The van der Waals surface area contributed by atoms with Crippen LogP contribution in [0.1, 0.15) is 30.4 Å². The molecule has 0 spiro atoms. The minimum atomic E-state index is 0.220. The van der Waals surface area contributed by atoms with Gasteiger partial charge in [0.1, 0.15) is 5.75 Å². The van der Waals surface area contributed by atoms with E-state index in [1.54, 1.807) is 6.07 Å². The van der Waals surface area contributed by atoms with E-state index in [0.29, 0.717) is 18.0 Å². The maximum atomic E-state index is 10.2. The lowest BCUT2D eigenvalue weighted by Crippen LogP contribution is -2.29. The Hall–Kier alpha value is -2.40. The smallest absolute Gasteiger partial charge is 0.231 e. The van der Waals surface area contributed by atoms with Crippen LogP contribution in [0.4, 0.5) is 5.69 Å². The summed E-state index contributed by atoms with van der Waals surface area (Å²) >= 11 is 0. The Labute approximate surface area is 154 Å². The Morgan fingerprint density at radius 2 is 1.65 bits per heavy atom. The third-order valence-electron chi connectivity index (χ3n) is 5.12. The molecule has 2 aromatic carbocycles. The van der Waals surface area contributed by atoms with Crippen molar-refractivity contribution in [1.29, 1.82) is 0 Å². The largest absolute Gasteiger partial charge is 0.507 e. The van der Waals surface area contributed by atoms with E-state index in [4.69, 9.17) is 9.47 Å². The molecular formula is C21H26N2O3. The van der Waals surface area contributed by atoms with Crippen LogP contribution in [-0.4, -0.2) is 36.9 Å². The van der Waals surface area contributed by atoms with E-state index in [9.17, 15) is 5.11 Å². The van der Waals surface area contributed by atoms with Gasteiger partial charge in [0.2, 0.25) is 6.79 Å². The highest BCUT2D eigenvalue weighted by molar-refractivity contribution is 5.51. The van der Waals surface area contributed by atoms with Crippen molar-refractivity contribution in [2.75, 3.05) is 31.8 Å². The van der Waals surface area contributed by atoms with Crippen molar-refractivity contribution in [3.05, 3.63) is 47.5 Å². The van der Waals surface area contributed by atoms with Gasteiger partial charge in [-0.05, 0) is 50.1 Å². The molecule has 0 aromatic heterocycles. The number of aromatic hydroxyl groups is 1. The first-order valence-corrected chi connectivity index (χ1v) is 9.33. The number of fused-ring (bicyclic) bond motifs is 1. The Balaban J connectivity index is 1.38. The van der Waals surface area contributed by atoms with Gasteiger partial charge in [0, 0.05) is 43.5 Å². The van der Waals surface area contributed by atoms with E-state index in [-0.39, 0.29) is 12.5 Å². The number of hydrogen-bond donors (Lipinski definition) is 1. The predicted octanol–water partition coefficient (Wildman–Crippen LogP) is 3.74. The second-order valence-corrected chi connectivity index (χ2v) is 7.22. The molecule has 1 N–H and O–H groups in total. The van der Waals surface area contributed by atoms with Gasteiger partial charge in [-0.3, -0.25) is 4.90 Å². The standard InChI is InChI=1S/C21H26N2O3/c1-22(14-17-11-20-21(12-19(17)24)26-15-25-20)13-16-5-7-18(8-6-16)23-9-3-2-4-10-23/h5-8,11-12,24H,2-4,9-10,13-15H2,1H3. The van der Waals surface area contributed by atoms with Crippen molar-refractivity contribution in [1.82, 2.24) is 4.90 Å². The number of anilines is 1. The van der Waals surface area contributed by atoms with Gasteiger partial charge >= 0.3 is 0 Å². The Morgan fingerprint density at radius 1 is 0.962 bits per heavy atom. The van der Waals surface area contributed by atoms with Crippen LogP contribution in [0.3, 0.4) is 0 Å². The third-order valence-corrected chi connectivity index (χ3v) is 5.12. The zero-order valence-electron chi connectivity index (χ0n) is 15.3. The molecule has 2 aliphatic rings. The summed E-state index contributed by atoms with van der Waals surface area (Å²) in [6, 6.07) is 12.4. The summed E-state index contributed by atoms with van der Waals surface area (Å²) in [7, 11) is 2.06. The molecule has 0 unspecified atom stereocenters. The van der Waals surface area contributed by atoms with Crippen LogP contribution >= 0.6 is 0 Å². The second-order valence-electron chi connectivity index (χ2n) is 7.22. The van der Waals surface area contributed by atoms with E-state index >= 15 is 0 Å². The molecule has 0 amide bonds. The number of nitrogens with zero attached hydrogens (tertiary/aromatic N) is 2. The van der Waals surface area contributed by atoms with Gasteiger partial charge in [-0.1, -0.05) is 12.1 Å². The Bertz CT molecular complexity index is 755. The van der Waals surface area contributed by atoms with Crippen molar-refractivity contribution >= 4 is 5.69 Å². The van der Waals surface area contributed by atoms with E-state index in [1.807, 2.05) is 6.07 Å². The molecule has 1 fully saturated rings. The minimum absolute atomic E-state index is 0.220. The molecule has 0 aliphatic carbocycles. The molecule has 1 saturated heterocycles. The molecule has 138 valence electrons. The number of piperidine rings is 1. The predicted molar refractivity (Wildman–Crippen MR) is 102 cm³/mol. The molecule has 5 nitrogen and oxygen atoms in total. The van der Waals surface area contributed by atoms with E-state index in [0.717, 1.165) is 12.1 Å². The van der Waals surface area contributed by atoms with Gasteiger partial charge in [0.15, 0.2) is 11.5 Å². The van der Waals surface area contributed by atoms with Crippen LogP contribution in [0.15, 0.2) is 36.4 Å². The van der Waals surface area contributed by atoms with E-state index in [2.05, 4.69) is 41.1 Å². The Kier molecular flexibility index (Phi) is 4.89. The summed E-state index contributed by atoms with van der Waals surface area (Å²) in [5.74, 6) is 1.57. The van der Waals surface area contributed by atoms with Crippen LogP contribution in [0.5, 0.6) is 17.2 Å². The quantitative estimate of drug-likeness (QED) is 0.886. The summed E-state index contributed by atoms with van der Waals surface area (Å²) in [6.45, 7) is 4.03. The van der Waals surface area contributed by atoms with Crippen LogP contribution < -0.4 is 14.4 Å². The Morgan fingerprint density at radius 3 is 2.38 bits per heavy atom. The average Bonchev–Trinajstić information content (AvgIpc) is 3.10. The number of rotatable bonds is 5. The molecular weight excluding hydrogens is 328 g/mol. The van der Waals surface area contributed by atoms with Crippen LogP contribution in [-0.2, 0) is 13.1 Å². The molecule has 0 saturated carbocycles. The number of phenolic OH excluding ortho intramolecular Hbond substituents is 1. The lowest BCUT2D eigenvalue weighted by molar-refractivity contribution is 0.174. The minimum Gasteiger partial charge on any atom is -0.507 e. The first-order chi connectivity index (χ1) is 12.7. The van der Waals surface area contributed by atoms with Crippen molar-refractivity contribution in [3.8, 4) is 17.2 Å². The second kappa shape index (κ2) is 7.46. The van der Waals surface area contributed by atoms with Crippen LogP contribution in [0, 0.1) is 0 Å². The van der Waals surface area contributed by atoms with Crippen molar-refractivity contribution < 1.29 is 14.6 Å². The molecule has 5 heteroatoms. The lowest BCUT2D eigenvalue weighted by Gasteiger charge is -2.29. The zero-order chi connectivity index (χ0) is 17.9. The lowest BCUT2D eigenvalue weighted by atomic mass is 10.1.